The van der Waals surface area contributed by atoms with Crippen LogP contribution in [0.15, 0.2) is 71.9 Å². The number of carbonyl (C=O) groups excluding carboxylic acids is 1. The smallest absolute Gasteiger partial charge is 0.267 e. The summed E-state index contributed by atoms with van der Waals surface area (Å²) in [6.45, 7) is 0.649. The van der Waals surface area contributed by atoms with E-state index in [4.69, 9.17) is 0 Å². The summed E-state index contributed by atoms with van der Waals surface area (Å²) in [4.78, 5) is 16.2. The quantitative estimate of drug-likeness (QED) is 0.659. The van der Waals surface area contributed by atoms with Gasteiger partial charge in [0, 0.05) is 31.0 Å². The Kier molecular flexibility index (Phi) is 5.50. The highest BCUT2D eigenvalue weighted by atomic mass is 32.2. The zero-order chi connectivity index (χ0) is 21.1. The molecule has 1 aliphatic rings. The normalized spacial score (nSPS) is 13.2. The maximum Gasteiger partial charge on any atom is 0.267 e. The zero-order valence-corrected chi connectivity index (χ0v) is 16.9. The average Bonchev–Trinajstić information content (AvgIpc) is 3.19. The van der Waals surface area contributed by atoms with Crippen LogP contribution in [-0.4, -0.2) is 32.4 Å². The van der Waals surface area contributed by atoms with Gasteiger partial charge in [0.1, 0.15) is 10.7 Å². The van der Waals surface area contributed by atoms with Crippen molar-refractivity contribution in [2.24, 2.45) is 0 Å². The molecule has 0 saturated carbocycles. The summed E-state index contributed by atoms with van der Waals surface area (Å²) < 4.78 is 41.3. The Morgan fingerprint density at radius 1 is 1.10 bits per heavy atom. The van der Waals surface area contributed by atoms with E-state index < -0.39 is 15.8 Å². The minimum absolute atomic E-state index is 0.207. The third kappa shape index (κ3) is 3.91. The van der Waals surface area contributed by atoms with Crippen molar-refractivity contribution in [2.75, 3.05) is 17.4 Å². The van der Waals surface area contributed by atoms with E-state index in [0.29, 0.717) is 30.6 Å². The standard InChI is InChI=1S/C22H20FN3O3S/c23-19-3-1-2-4-21(19)30(28,29)26-14-10-17-5-6-18(15-20(17)26)22(27)25-13-9-16-7-11-24-12-8-16/h1-8,11-12,15H,9-10,13-14H2,(H,25,27). The molecule has 0 spiro atoms. The number of rotatable bonds is 6. The molecule has 1 N–H and O–H groups in total. The topological polar surface area (TPSA) is 79.4 Å². The van der Waals surface area contributed by atoms with Crippen molar-refractivity contribution in [1.29, 1.82) is 0 Å². The fourth-order valence-electron chi connectivity index (χ4n) is 3.49. The molecule has 0 aliphatic carbocycles. The van der Waals surface area contributed by atoms with Crippen LogP contribution in [-0.2, 0) is 22.9 Å². The van der Waals surface area contributed by atoms with E-state index in [1.807, 2.05) is 12.1 Å². The Morgan fingerprint density at radius 3 is 2.63 bits per heavy atom. The van der Waals surface area contributed by atoms with Crippen LogP contribution in [0.4, 0.5) is 10.1 Å². The molecule has 0 saturated heterocycles. The molecule has 3 aromatic rings. The van der Waals surface area contributed by atoms with Crippen LogP contribution in [0.1, 0.15) is 21.5 Å². The van der Waals surface area contributed by atoms with Crippen LogP contribution in [0.5, 0.6) is 0 Å². The zero-order valence-electron chi connectivity index (χ0n) is 16.1. The molecule has 0 atom stereocenters. The lowest BCUT2D eigenvalue weighted by Crippen LogP contribution is -2.30. The van der Waals surface area contributed by atoms with Crippen LogP contribution in [0.25, 0.3) is 0 Å². The Balaban J connectivity index is 1.53. The number of sulfonamides is 1. The predicted octanol–water partition coefficient (Wildman–Crippen LogP) is 2.94. The van der Waals surface area contributed by atoms with E-state index >= 15 is 0 Å². The Morgan fingerprint density at radius 2 is 1.87 bits per heavy atom. The number of nitrogens with zero attached hydrogens (tertiary/aromatic N) is 2. The number of anilines is 1. The van der Waals surface area contributed by atoms with Gasteiger partial charge in [0.15, 0.2) is 0 Å². The molecular formula is C22H20FN3O3S. The lowest BCUT2D eigenvalue weighted by atomic mass is 10.1. The number of pyridine rings is 1. The minimum atomic E-state index is -4.06. The van der Waals surface area contributed by atoms with Gasteiger partial charge in [-0.25, -0.2) is 12.8 Å². The molecule has 8 heteroatoms. The van der Waals surface area contributed by atoms with Gasteiger partial charge in [-0.15, -0.1) is 0 Å². The van der Waals surface area contributed by atoms with Crippen LogP contribution < -0.4 is 9.62 Å². The number of benzene rings is 2. The van der Waals surface area contributed by atoms with Gasteiger partial charge in [0.2, 0.25) is 0 Å². The molecule has 154 valence electrons. The van der Waals surface area contributed by atoms with Crippen LogP contribution in [0, 0.1) is 5.82 Å². The number of carbonyl (C=O) groups is 1. The summed E-state index contributed by atoms with van der Waals surface area (Å²) in [5.74, 6) is -1.09. The first-order valence-corrected chi connectivity index (χ1v) is 11.0. The van der Waals surface area contributed by atoms with E-state index in [1.54, 1.807) is 30.6 Å². The second-order valence-corrected chi connectivity index (χ2v) is 8.79. The fourth-order valence-corrected chi connectivity index (χ4v) is 5.05. The van der Waals surface area contributed by atoms with E-state index in [-0.39, 0.29) is 17.3 Å². The van der Waals surface area contributed by atoms with Crippen molar-refractivity contribution in [3.63, 3.8) is 0 Å². The van der Waals surface area contributed by atoms with Gasteiger partial charge >= 0.3 is 0 Å². The van der Waals surface area contributed by atoms with E-state index in [0.717, 1.165) is 17.2 Å². The molecule has 0 bridgehead atoms. The lowest BCUT2D eigenvalue weighted by Gasteiger charge is -2.20. The SMILES string of the molecule is O=C(NCCc1ccncc1)c1ccc2c(c1)N(S(=O)(=O)c1ccccc1F)CC2. The molecule has 0 radical (unpaired) electrons. The maximum atomic E-state index is 14.1. The first kappa shape index (κ1) is 20.0. The summed E-state index contributed by atoms with van der Waals surface area (Å²) in [7, 11) is -4.06. The van der Waals surface area contributed by atoms with Gasteiger partial charge < -0.3 is 5.32 Å². The average molecular weight is 425 g/mol. The van der Waals surface area contributed by atoms with E-state index in [2.05, 4.69) is 10.3 Å². The van der Waals surface area contributed by atoms with Gasteiger partial charge in [-0.05, 0) is 60.4 Å². The minimum Gasteiger partial charge on any atom is -0.352 e. The van der Waals surface area contributed by atoms with Crippen molar-refractivity contribution >= 4 is 21.6 Å². The van der Waals surface area contributed by atoms with Crippen LogP contribution >= 0.6 is 0 Å². The molecule has 30 heavy (non-hydrogen) atoms. The maximum absolute atomic E-state index is 14.1. The summed E-state index contributed by atoms with van der Waals surface area (Å²) in [6, 6.07) is 14.1. The van der Waals surface area contributed by atoms with Crippen LogP contribution in [0.3, 0.4) is 0 Å². The predicted molar refractivity (Wildman–Crippen MR) is 111 cm³/mol. The Labute approximate surface area is 174 Å². The molecule has 1 amide bonds. The van der Waals surface area contributed by atoms with Crippen molar-refractivity contribution in [3.8, 4) is 0 Å². The summed E-state index contributed by atoms with van der Waals surface area (Å²) in [6.07, 6.45) is 4.56. The number of nitrogens with one attached hydrogen (secondary N) is 1. The first-order chi connectivity index (χ1) is 14.5. The van der Waals surface area contributed by atoms with Crippen molar-refractivity contribution < 1.29 is 17.6 Å². The molecule has 2 aromatic carbocycles. The van der Waals surface area contributed by atoms with Crippen molar-refractivity contribution in [3.05, 3.63) is 89.5 Å². The number of hydrogen-bond donors (Lipinski definition) is 1. The molecule has 1 aliphatic heterocycles. The number of aromatic nitrogens is 1. The lowest BCUT2D eigenvalue weighted by molar-refractivity contribution is 0.0954. The molecule has 0 unspecified atom stereocenters. The third-order valence-corrected chi connectivity index (χ3v) is 6.90. The van der Waals surface area contributed by atoms with E-state index in [9.17, 15) is 17.6 Å². The van der Waals surface area contributed by atoms with E-state index in [1.165, 1.54) is 22.5 Å². The Bertz CT molecular complexity index is 1180. The highest BCUT2D eigenvalue weighted by Gasteiger charge is 2.33. The molecule has 0 fully saturated rings. The van der Waals surface area contributed by atoms with Gasteiger partial charge in [-0.1, -0.05) is 18.2 Å². The Hall–Kier alpha value is -3.26. The highest BCUT2D eigenvalue weighted by molar-refractivity contribution is 7.92. The molecule has 6 nitrogen and oxygen atoms in total. The summed E-state index contributed by atoms with van der Waals surface area (Å²) >= 11 is 0. The van der Waals surface area contributed by atoms with Gasteiger partial charge in [-0.2, -0.15) is 0 Å². The number of hydrogen-bond acceptors (Lipinski definition) is 4. The highest BCUT2D eigenvalue weighted by Crippen LogP contribution is 2.34. The fraction of sp³-hybridized carbons (Fsp3) is 0.182. The number of halogens is 1. The third-order valence-electron chi connectivity index (χ3n) is 5.05. The van der Waals surface area contributed by atoms with Crippen LogP contribution in [0.2, 0.25) is 0 Å². The molecule has 4 rings (SSSR count). The molecule has 1 aromatic heterocycles. The van der Waals surface area contributed by atoms with Crippen molar-refractivity contribution in [1.82, 2.24) is 10.3 Å². The first-order valence-electron chi connectivity index (χ1n) is 9.54. The monoisotopic (exact) mass is 425 g/mol. The summed E-state index contributed by atoms with van der Waals surface area (Å²) in [5, 5.41) is 2.85. The van der Waals surface area contributed by atoms with Gasteiger partial charge in [0.05, 0.1) is 5.69 Å². The van der Waals surface area contributed by atoms with Gasteiger partial charge in [0.25, 0.3) is 15.9 Å². The molecular weight excluding hydrogens is 405 g/mol. The summed E-state index contributed by atoms with van der Waals surface area (Å²) in [5.41, 5.74) is 2.64. The van der Waals surface area contributed by atoms with Crippen molar-refractivity contribution in [2.45, 2.75) is 17.7 Å². The largest absolute Gasteiger partial charge is 0.352 e. The number of amides is 1. The second-order valence-electron chi connectivity index (χ2n) is 6.96. The molecule has 2 heterocycles. The second kappa shape index (κ2) is 8.23. The number of fused-ring (bicyclic) bond motifs is 1. The van der Waals surface area contributed by atoms with Gasteiger partial charge in [-0.3, -0.25) is 14.1 Å².